The highest BCUT2D eigenvalue weighted by atomic mass is 16.9. The molecular weight excluding hydrogens is 242 g/mol. The van der Waals surface area contributed by atoms with Crippen LogP contribution in [0.15, 0.2) is 0 Å². The van der Waals surface area contributed by atoms with E-state index >= 15 is 0 Å². The lowest BCUT2D eigenvalue weighted by Gasteiger charge is -2.35. The van der Waals surface area contributed by atoms with Gasteiger partial charge in [0.2, 0.25) is 0 Å². The topological polar surface area (TPSA) is 51.5 Å². The van der Waals surface area contributed by atoms with Crippen LogP contribution in [0.3, 0.4) is 0 Å². The standard InChI is InChI=1S/C15H29NO3/c1-5-6-7-8-9-10-11-14(12-13-16)15(17-2,18-3)19-4/h14H,5-12H2,1-4H3. The molecule has 4 nitrogen and oxygen atoms in total. The second-order valence-corrected chi connectivity index (χ2v) is 4.83. The third-order valence-corrected chi connectivity index (χ3v) is 3.60. The van der Waals surface area contributed by atoms with Crippen molar-refractivity contribution in [2.24, 2.45) is 5.92 Å². The summed E-state index contributed by atoms with van der Waals surface area (Å²) in [7, 11) is 4.66. The van der Waals surface area contributed by atoms with Crippen molar-refractivity contribution in [1.82, 2.24) is 0 Å². The molecule has 0 aromatic heterocycles. The summed E-state index contributed by atoms with van der Waals surface area (Å²) in [4.78, 5) is 0. The van der Waals surface area contributed by atoms with Gasteiger partial charge in [-0.2, -0.15) is 5.26 Å². The molecule has 0 saturated heterocycles. The average Bonchev–Trinajstić information content (AvgIpc) is 2.45. The van der Waals surface area contributed by atoms with Crippen LogP contribution in [0.2, 0.25) is 0 Å². The summed E-state index contributed by atoms with van der Waals surface area (Å²) in [5.41, 5.74) is 0. The van der Waals surface area contributed by atoms with E-state index in [4.69, 9.17) is 19.5 Å². The Labute approximate surface area is 118 Å². The summed E-state index contributed by atoms with van der Waals surface area (Å²) in [5.74, 6) is -1.14. The van der Waals surface area contributed by atoms with E-state index in [1.165, 1.54) is 32.1 Å². The van der Waals surface area contributed by atoms with Gasteiger partial charge in [0, 0.05) is 27.8 Å². The maximum absolute atomic E-state index is 8.94. The molecule has 0 spiro atoms. The first kappa shape index (κ1) is 18.4. The van der Waals surface area contributed by atoms with E-state index in [9.17, 15) is 0 Å². The predicted octanol–water partition coefficient (Wildman–Crippen LogP) is 3.86. The Bertz CT molecular complexity index is 238. The minimum absolute atomic E-state index is 0.0522. The maximum atomic E-state index is 8.94. The molecule has 19 heavy (non-hydrogen) atoms. The van der Waals surface area contributed by atoms with Crippen molar-refractivity contribution in [1.29, 1.82) is 5.26 Å². The first-order valence-electron chi connectivity index (χ1n) is 7.23. The highest BCUT2D eigenvalue weighted by molar-refractivity contribution is 4.82. The molecule has 0 bridgehead atoms. The summed E-state index contributed by atoms with van der Waals surface area (Å²) < 4.78 is 16.1. The lowest BCUT2D eigenvalue weighted by atomic mass is 9.95. The molecule has 0 N–H and O–H groups in total. The van der Waals surface area contributed by atoms with E-state index < -0.39 is 5.97 Å². The number of rotatable bonds is 12. The molecule has 0 heterocycles. The molecule has 0 aromatic carbocycles. The molecule has 0 saturated carbocycles. The fraction of sp³-hybridized carbons (Fsp3) is 0.933. The van der Waals surface area contributed by atoms with Crippen LogP contribution in [0, 0.1) is 17.2 Å². The van der Waals surface area contributed by atoms with Crippen molar-refractivity contribution in [2.75, 3.05) is 21.3 Å². The Morgan fingerprint density at radius 3 is 1.95 bits per heavy atom. The fourth-order valence-electron chi connectivity index (χ4n) is 2.44. The van der Waals surface area contributed by atoms with Crippen LogP contribution >= 0.6 is 0 Å². The molecule has 1 unspecified atom stereocenters. The third kappa shape index (κ3) is 6.38. The smallest absolute Gasteiger partial charge is 0.286 e. The van der Waals surface area contributed by atoms with Gasteiger partial charge in [-0.15, -0.1) is 0 Å². The molecule has 0 amide bonds. The molecule has 0 aliphatic heterocycles. The van der Waals surface area contributed by atoms with E-state index in [1.807, 2.05) is 0 Å². The summed E-state index contributed by atoms with van der Waals surface area (Å²) >= 11 is 0. The number of hydrogen-bond acceptors (Lipinski definition) is 4. The van der Waals surface area contributed by atoms with Crippen LogP contribution in [-0.2, 0) is 14.2 Å². The number of unbranched alkanes of at least 4 members (excludes halogenated alkanes) is 5. The van der Waals surface area contributed by atoms with Crippen LogP contribution in [0.4, 0.5) is 0 Å². The first-order valence-corrected chi connectivity index (χ1v) is 7.23. The molecule has 4 heteroatoms. The third-order valence-electron chi connectivity index (χ3n) is 3.60. The molecule has 0 rings (SSSR count). The van der Waals surface area contributed by atoms with Crippen molar-refractivity contribution in [2.45, 2.75) is 64.3 Å². The van der Waals surface area contributed by atoms with E-state index in [0.717, 1.165) is 12.8 Å². The Morgan fingerprint density at radius 1 is 0.947 bits per heavy atom. The van der Waals surface area contributed by atoms with E-state index in [0.29, 0.717) is 6.42 Å². The normalized spacial score (nSPS) is 13.2. The molecular formula is C15H29NO3. The van der Waals surface area contributed by atoms with E-state index in [-0.39, 0.29) is 5.92 Å². The van der Waals surface area contributed by atoms with Gasteiger partial charge in [-0.1, -0.05) is 45.4 Å². The SMILES string of the molecule is CCCCCCCCC(CC#N)C(OC)(OC)OC. The lowest BCUT2D eigenvalue weighted by Crippen LogP contribution is -2.43. The van der Waals surface area contributed by atoms with Gasteiger partial charge in [0.15, 0.2) is 0 Å². The van der Waals surface area contributed by atoms with E-state index in [1.54, 1.807) is 21.3 Å². The second kappa shape index (κ2) is 11.2. The first-order chi connectivity index (χ1) is 9.20. The number of hydrogen-bond donors (Lipinski definition) is 0. The zero-order valence-corrected chi connectivity index (χ0v) is 12.9. The van der Waals surface area contributed by atoms with Crippen molar-refractivity contribution in [3.63, 3.8) is 0 Å². The van der Waals surface area contributed by atoms with Crippen LogP contribution in [-0.4, -0.2) is 27.3 Å². The van der Waals surface area contributed by atoms with Gasteiger partial charge in [0.1, 0.15) is 0 Å². The highest BCUT2D eigenvalue weighted by Crippen LogP contribution is 2.31. The van der Waals surface area contributed by atoms with Crippen LogP contribution < -0.4 is 0 Å². The number of methoxy groups -OCH3 is 3. The quantitative estimate of drug-likeness (QED) is 0.399. The Balaban J connectivity index is 4.21. The molecule has 0 aromatic rings. The van der Waals surface area contributed by atoms with Gasteiger partial charge in [-0.3, -0.25) is 0 Å². The zero-order valence-electron chi connectivity index (χ0n) is 12.9. The molecule has 112 valence electrons. The summed E-state index contributed by atoms with van der Waals surface area (Å²) in [6.45, 7) is 2.22. The number of nitriles is 1. The predicted molar refractivity (Wildman–Crippen MR) is 75.5 cm³/mol. The van der Waals surface area contributed by atoms with Gasteiger partial charge in [-0.25, -0.2) is 0 Å². The maximum Gasteiger partial charge on any atom is 0.286 e. The van der Waals surface area contributed by atoms with Crippen molar-refractivity contribution in [3.05, 3.63) is 0 Å². The summed E-state index contributed by atoms with van der Waals surface area (Å²) in [5, 5.41) is 8.94. The second-order valence-electron chi connectivity index (χ2n) is 4.83. The minimum atomic E-state index is -1.08. The molecule has 0 aliphatic rings. The highest BCUT2D eigenvalue weighted by Gasteiger charge is 2.39. The fourth-order valence-corrected chi connectivity index (χ4v) is 2.44. The van der Waals surface area contributed by atoms with Gasteiger partial charge in [-0.05, 0) is 6.42 Å². The number of nitrogens with zero attached hydrogens (tertiary/aromatic N) is 1. The van der Waals surface area contributed by atoms with Crippen LogP contribution in [0.25, 0.3) is 0 Å². The Kier molecular flexibility index (Phi) is 10.8. The van der Waals surface area contributed by atoms with Gasteiger partial charge < -0.3 is 14.2 Å². The largest absolute Gasteiger partial charge is 0.331 e. The van der Waals surface area contributed by atoms with Crippen LogP contribution in [0.5, 0.6) is 0 Å². The Hall–Kier alpha value is -0.630. The van der Waals surface area contributed by atoms with Gasteiger partial charge in [0.05, 0.1) is 12.0 Å². The van der Waals surface area contributed by atoms with Crippen molar-refractivity contribution >= 4 is 0 Å². The molecule has 0 radical (unpaired) electrons. The molecule has 0 aliphatic carbocycles. The van der Waals surface area contributed by atoms with Gasteiger partial charge >= 0.3 is 0 Å². The summed E-state index contributed by atoms with van der Waals surface area (Å²) in [6, 6.07) is 2.20. The summed E-state index contributed by atoms with van der Waals surface area (Å²) in [6.07, 6.45) is 8.65. The van der Waals surface area contributed by atoms with Gasteiger partial charge in [0.25, 0.3) is 5.97 Å². The van der Waals surface area contributed by atoms with Crippen molar-refractivity contribution in [3.8, 4) is 6.07 Å². The number of ether oxygens (including phenoxy) is 3. The Morgan fingerprint density at radius 2 is 1.47 bits per heavy atom. The van der Waals surface area contributed by atoms with Crippen LogP contribution in [0.1, 0.15) is 58.3 Å². The molecule has 0 fully saturated rings. The minimum Gasteiger partial charge on any atom is -0.331 e. The van der Waals surface area contributed by atoms with E-state index in [2.05, 4.69) is 13.0 Å². The average molecular weight is 271 g/mol. The zero-order chi connectivity index (χ0) is 14.6. The van der Waals surface area contributed by atoms with Crippen molar-refractivity contribution < 1.29 is 14.2 Å². The monoisotopic (exact) mass is 271 g/mol. The molecule has 1 atom stereocenters. The lowest BCUT2D eigenvalue weighted by molar-refractivity contribution is -0.379.